The van der Waals surface area contributed by atoms with E-state index in [9.17, 15) is 0 Å². The highest BCUT2D eigenvalue weighted by atomic mass is 16.3. The lowest BCUT2D eigenvalue weighted by Crippen LogP contribution is -2.27. The molecular weight excluding hydrogens is 224 g/mol. The Bertz CT molecular complexity index is 565. The molecule has 0 radical (unpaired) electrons. The molecule has 2 rings (SSSR count). The van der Waals surface area contributed by atoms with Crippen molar-refractivity contribution in [3.05, 3.63) is 35.6 Å². The number of hydrazine groups is 1. The Morgan fingerprint density at radius 3 is 3.00 bits per heavy atom. The van der Waals surface area contributed by atoms with E-state index in [1.807, 2.05) is 18.2 Å². The fraction of sp³-hybridized carbons (Fsp3) is 0.333. The molecule has 3 N–H and O–H groups in total. The van der Waals surface area contributed by atoms with Gasteiger partial charge < -0.3 is 4.42 Å². The number of aryl methyl sites for hydroxylation is 1. The average molecular weight is 242 g/mol. The maximum absolute atomic E-state index is 5.81. The van der Waals surface area contributed by atoms with Gasteiger partial charge in [0.1, 0.15) is 11.3 Å². The number of unbranched alkanes of at least 4 members (excludes halogenated alkanes) is 1. The van der Waals surface area contributed by atoms with Crippen LogP contribution >= 0.6 is 0 Å². The molecule has 94 valence electrons. The maximum atomic E-state index is 5.81. The fourth-order valence-corrected chi connectivity index (χ4v) is 2.07. The molecule has 0 amide bonds. The van der Waals surface area contributed by atoms with Gasteiger partial charge in [-0.1, -0.05) is 11.6 Å². The van der Waals surface area contributed by atoms with Crippen LogP contribution in [0, 0.1) is 19.3 Å². The van der Waals surface area contributed by atoms with Crippen LogP contribution in [0.15, 0.2) is 28.7 Å². The zero-order valence-electron chi connectivity index (χ0n) is 10.6. The molecule has 0 aliphatic heterocycles. The Labute approximate surface area is 107 Å². The molecule has 3 nitrogen and oxygen atoms in total. The Kier molecular flexibility index (Phi) is 4.03. The van der Waals surface area contributed by atoms with Crippen LogP contribution in [0.5, 0.6) is 0 Å². The van der Waals surface area contributed by atoms with Gasteiger partial charge in [-0.05, 0) is 38.0 Å². The number of fused-ring (bicyclic) bond motifs is 1. The molecule has 1 unspecified atom stereocenters. The minimum Gasteiger partial charge on any atom is -0.459 e. The second-order valence-corrected chi connectivity index (χ2v) is 4.51. The largest absolute Gasteiger partial charge is 0.459 e. The molecule has 0 fully saturated rings. The van der Waals surface area contributed by atoms with Gasteiger partial charge in [0.25, 0.3) is 0 Å². The third-order valence-corrected chi connectivity index (χ3v) is 3.05. The first-order valence-corrected chi connectivity index (χ1v) is 6.14. The smallest absolute Gasteiger partial charge is 0.134 e. The van der Waals surface area contributed by atoms with Crippen molar-refractivity contribution in [1.82, 2.24) is 5.43 Å². The van der Waals surface area contributed by atoms with Gasteiger partial charge in [-0.15, -0.1) is 12.3 Å². The molecule has 0 spiro atoms. The molecular formula is C15H18N2O. The van der Waals surface area contributed by atoms with E-state index < -0.39 is 0 Å². The summed E-state index contributed by atoms with van der Waals surface area (Å²) in [7, 11) is 0. The van der Waals surface area contributed by atoms with E-state index in [-0.39, 0.29) is 6.04 Å². The monoisotopic (exact) mass is 242 g/mol. The van der Waals surface area contributed by atoms with E-state index in [0.29, 0.717) is 0 Å². The lowest BCUT2D eigenvalue weighted by Gasteiger charge is -2.11. The molecule has 0 saturated carbocycles. The van der Waals surface area contributed by atoms with Crippen LogP contribution in [-0.4, -0.2) is 0 Å². The van der Waals surface area contributed by atoms with E-state index in [4.69, 9.17) is 16.7 Å². The number of nitrogens with one attached hydrogen (secondary N) is 1. The highest BCUT2D eigenvalue weighted by Gasteiger charge is 2.14. The first-order valence-electron chi connectivity index (χ1n) is 6.14. The standard InChI is InChI=1S/C15H18N2O/c1-3-4-5-6-13(17-16)15-10-12-9-11(2)7-8-14(12)18-15/h1,7-10,13,17H,4-6,16H2,2H3. The third kappa shape index (κ3) is 2.73. The fourth-order valence-electron chi connectivity index (χ4n) is 2.07. The summed E-state index contributed by atoms with van der Waals surface area (Å²) in [5, 5.41) is 1.11. The predicted molar refractivity (Wildman–Crippen MR) is 73.7 cm³/mol. The van der Waals surface area contributed by atoms with Gasteiger partial charge >= 0.3 is 0 Å². The van der Waals surface area contributed by atoms with Crippen LogP contribution < -0.4 is 11.3 Å². The van der Waals surface area contributed by atoms with Gasteiger partial charge in [-0.3, -0.25) is 5.84 Å². The molecule has 0 bridgehead atoms. The number of terminal acetylenes is 1. The van der Waals surface area contributed by atoms with Gasteiger partial charge in [0, 0.05) is 11.8 Å². The van der Waals surface area contributed by atoms with E-state index >= 15 is 0 Å². The zero-order valence-corrected chi connectivity index (χ0v) is 10.6. The summed E-state index contributed by atoms with van der Waals surface area (Å²) in [6.07, 6.45) is 7.82. The Hall–Kier alpha value is -1.76. The quantitative estimate of drug-likeness (QED) is 0.367. The normalized spacial score (nSPS) is 12.5. The summed E-state index contributed by atoms with van der Waals surface area (Å²) in [6.45, 7) is 2.07. The third-order valence-electron chi connectivity index (χ3n) is 3.05. The van der Waals surface area contributed by atoms with Gasteiger partial charge in [0.2, 0.25) is 0 Å². The Balaban J connectivity index is 2.20. The van der Waals surface area contributed by atoms with Crippen LogP contribution in [0.2, 0.25) is 0 Å². The number of furan rings is 1. The number of benzene rings is 1. The summed E-state index contributed by atoms with van der Waals surface area (Å²) in [5.74, 6) is 9.08. The molecule has 1 heterocycles. The highest BCUT2D eigenvalue weighted by Crippen LogP contribution is 2.27. The molecule has 0 aliphatic carbocycles. The SMILES string of the molecule is C#CCCCC(NN)c1cc2cc(C)ccc2o1. The second-order valence-electron chi connectivity index (χ2n) is 4.51. The van der Waals surface area contributed by atoms with Crippen molar-refractivity contribution in [3.8, 4) is 12.3 Å². The minimum absolute atomic E-state index is 0.0195. The topological polar surface area (TPSA) is 51.2 Å². The van der Waals surface area contributed by atoms with E-state index in [1.165, 1.54) is 5.56 Å². The number of hydrogen-bond acceptors (Lipinski definition) is 3. The van der Waals surface area contributed by atoms with E-state index in [0.717, 1.165) is 36.0 Å². The molecule has 1 aromatic carbocycles. The van der Waals surface area contributed by atoms with Crippen molar-refractivity contribution in [3.63, 3.8) is 0 Å². The summed E-state index contributed by atoms with van der Waals surface area (Å²) < 4.78 is 5.81. The van der Waals surface area contributed by atoms with Crippen molar-refractivity contribution in [2.75, 3.05) is 0 Å². The number of hydrogen-bond donors (Lipinski definition) is 2. The van der Waals surface area contributed by atoms with Crippen molar-refractivity contribution in [1.29, 1.82) is 0 Å². The summed E-state index contributed by atoms with van der Waals surface area (Å²) in [6, 6.07) is 8.20. The van der Waals surface area contributed by atoms with Crippen molar-refractivity contribution < 1.29 is 4.42 Å². The highest BCUT2D eigenvalue weighted by molar-refractivity contribution is 5.78. The maximum Gasteiger partial charge on any atom is 0.134 e. The van der Waals surface area contributed by atoms with Crippen LogP contribution in [-0.2, 0) is 0 Å². The number of rotatable bonds is 5. The van der Waals surface area contributed by atoms with Gasteiger partial charge in [0.15, 0.2) is 0 Å². The molecule has 3 heteroatoms. The first kappa shape index (κ1) is 12.7. The lowest BCUT2D eigenvalue weighted by molar-refractivity contribution is 0.410. The van der Waals surface area contributed by atoms with Gasteiger partial charge in [-0.2, -0.15) is 0 Å². The molecule has 0 aliphatic rings. The van der Waals surface area contributed by atoms with Crippen LogP contribution in [0.1, 0.15) is 36.6 Å². The van der Waals surface area contributed by atoms with Crippen LogP contribution in [0.3, 0.4) is 0 Å². The Morgan fingerprint density at radius 2 is 2.28 bits per heavy atom. The molecule has 18 heavy (non-hydrogen) atoms. The van der Waals surface area contributed by atoms with Crippen LogP contribution in [0.25, 0.3) is 11.0 Å². The Morgan fingerprint density at radius 1 is 1.44 bits per heavy atom. The second kappa shape index (κ2) is 5.72. The number of nitrogens with two attached hydrogens (primary N) is 1. The summed E-state index contributed by atoms with van der Waals surface area (Å²) in [4.78, 5) is 0. The lowest BCUT2D eigenvalue weighted by atomic mass is 10.1. The van der Waals surface area contributed by atoms with Gasteiger partial charge in [0.05, 0.1) is 6.04 Å². The van der Waals surface area contributed by atoms with Crippen LogP contribution in [0.4, 0.5) is 0 Å². The van der Waals surface area contributed by atoms with E-state index in [1.54, 1.807) is 0 Å². The average Bonchev–Trinajstić information content (AvgIpc) is 2.77. The molecule has 2 aromatic rings. The molecule has 1 aromatic heterocycles. The van der Waals surface area contributed by atoms with Crippen molar-refractivity contribution in [2.24, 2.45) is 5.84 Å². The predicted octanol–water partition coefficient (Wildman–Crippen LogP) is 3.05. The summed E-state index contributed by atoms with van der Waals surface area (Å²) >= 11 is 0. The summed E-state index contributed by atoms with van der Waals surface area (Å²) in [5.41, 5.74) is 4.91. The minimum atomic E-state index is 0.0195. The zero-order chi connectivity index (χ0) is 13.0. The van der Waals surface area contributed by atoms with Gasteiger partial charge in [-0.25, -0.2) is 5.43 Å². The molecule has 1 atom stereocenters. The van der Waals surface area contributed by atoms with Crippen molar-refractivity contribution in [2.45, 2.75) is 32.2 Å². The van der Waals surface area contributed by atoms with Crippen molar-refractivity contribution >= 4 is 11.0 Å². The first-order chi connectivity index (χ1) is 8.74. The van der Waals surface area contributed by atoms with E-state index in [2.05, 4.69) is 24.3 Å². The molecule has 0 saturated heterocycles.